The molecule has 0 bridgehead atoms. The molecule has 87 heavy (non-hydrogen) atoms. The molecule has 6 saturated heterocycles. The van der Waals surface area contributed by atoms with Crippen molar-refractivity contribution in [3.63, 3.8) is 0 Å². The first-order valence-electron chi connectivity index (χ1n) is 32.9. The Balaban J connectivity index is 1.28. The van der Waals surface area contributed by atoms with Crippen LogP contribution in [-0.4, -0.2) is 230 Å². The normalized spacial score (nSPS) is 41.3. The Hall–Kier alpha value is -2.35. The van der Waals surface area contributed by atoms with Gasteiger partial charge in [-0.15, -0.1) is 0 Å². The lowest BCUT2D eigenvalue weighted by molar-refractivity contribution is -0.395. The van der Waals surface area contributed by atoms with Crippen molar-refractivity contribution in [3.8, 4) is 0 Å². The molecule has 6 aliphatic heterocycles. The molecule has 6 aliphatic rings. The van der Waals surface area contributed by atoms with Crippen LogP contribution in [0.3, 0.4) is 0 Å². The highest BCUT2D eigenvalue weighted by Gasteiger charge is 2.58. The number of carbonyl (C=O) groups is 3. The van der Waals surface area contributed by atoms with Crippen LogP contribution < -0.4 is 0 Å². The van der Waals surface area contributed by atoms with E-state index in [0.29, 0.717) is 19.3 Å². The van der Waals surface area contributed by atoms with Crippen molar-refractivity contribution in [2.24, 2.45) is 0 Å². The average Bonchev–Trinajstić information content (AvgIpc) is 1.03. The van der Waals surface area contributed by atoms with Crippen LogP contribution in [0.4, 0.5) is 0 Å². The van der Waals surface area contributed by atoms with Crippen molar-refractivity contribution in [1.82, 2.24) is 0 Å². The topological polar surface area (TPSA) is 353 Å². The first-order chi connectivity index (χ1) is 41.7. The number of unbranched alkanes of at least 4 members (excludes halogenated alkanes) is 10. The number of hydrogen-bond donors (Lipinski definition) is 9. The quantitative estimate of drug-likeness (QED) is 0.0353. The van der Waals surface area contributed by atoms with Crippen molar-refractivity contribution in [2.75, 3.05) is 6.61 Å². The van der Waals surface area contributed by atoms with E-state index in [-0.39, 0.29) is 25.4 Å². The zero-order chi connectivity index (χ0) is 63.3. The van der Waals surface area contributed by atoms with Crippen molar-refractivity contribution in [3.05, 3.63) is 0 Å². The molecular weight excluding hydrogens is 1140 g/mol. The van der Waals surface area contributed by atoms with Gasteiger partial charge in [0, 0.05) is 19.3 Å². The Kier molecular flexibility index (Phi) is 31.7. The van der Waals surface area contributed by atoms with Gasteiger partial charge in [-0.05, 0) is 59.8 Å². The third kappa shape index (κ3) is 21.1. The van der Waals surface area contributed by atoms with E-state index in [1.165, 1.54) is 27.2 Å². The largest absolute Gasteiger partial charge is 0.457 e. The van der Waals surface area contributed by atoms with Gasteiger partial charge in [0.1, 0.15) is 79.4 Å². The highest BCUT2D eigenvalue weighted by Crippen LogP contribution is 2.39. The van der Waals surface area contributed by atoms with Crippen LogP contribution in [0, 0.1) is 0 Å². The Morgan fingerprint density at radius 3 is 1.61 bits per heavy atom. The predicted octanol–water partition coefficient (Wildman–Crippen LogP) is 4.06. The molecule has 6 rings (SSSR count). The molecule has 0 saturated carbocycles. The predicted molar refractivity (Wildman–Crippen MR) is 308 cm³/mol. The lowest BCUT2D eigenvalue weighted by atomic mass is 9.95. The fourth-order valence-electron chi connectivity index (χ4n) is 12.3. The summed E-state index contributed by atoms with van der Waals surface area (Å²) in [6, 6.07) is 0. The molecule has 25 heteroatoms. The highest BCUT2D eigenvalue weighted by molar-refractivity contribution is 5.70. The summed E-state index contributed by atoms with van der Waals surface area (Å²) in [5.41, 5.74) is 0. The molecule has 26 atom stereocenters. The highest BCUT2D eigenvalue weighted by atomic mass is 16.8. The standard InChI is InChI=1S/C62H108O25/c1-8-11-13-14-15-16-19-22-26-31-41(65)82-55-49(73)53(85-62-57(48(72)51(35(5)76-62)81-40(64)28-10-3)86-58-47(71)45(69)44(68)39(33-63)80-58)36(6)77-60(55)84-52-37(7)78-61-56(50(52)74)83-42(66)32-27-23-20-17-18-21-25-30-38(29-24-12-9-2)79-59-54(87-61)46(70)43(67)34(4)75-59/h34-39,43-63,67-74H,8-33H2,1-7H3/t34-,35+,36+,37+,38?,39-,43-,44-,45+,46+,47-,48-,49-,50-,51+,52+,53+,54-,55-,56-,57-,58+,59+,60+,61-,62+/m1/s1. The third-order valence-corrected chi connectivity index (χ3v) is 17.7. The van der Waals surface area contributed by atoms with Gasteiger partial charge in [-0.3, -0.25) is 14.4 Å². The minimum Gasteiger partial charge on any atom is -0.457 e. The van der Waals surface area contributed by atoms with Gasteiger partial charge in [-0.1, -0.05) is 130 Å². The Morgan fingerprint density at radius 1 is 0.437 bits per heavy atom. The van der Waals surface area contributed by atoms with Crippen LogP contribution in [0.2, 0.25) is 0 Å². The maximum Gasteiger partial charge on any atom is 0.306 e. The second kappa shape index (κ2) is 37.4. The molecule has 6 heterocycles. The van der Waals surface area contributed by atoms with Crippen LogP contribution in [0.1, 0.15) is 209 Å². The van der Waals surface area contributed by atoms with E-state index in [2.05, 4.69) is 13.8 Å². The molecule has 0 radical (unpaired) electrons. The smallest absolute Gasteiger partial charge is 0.306 e. The number of carbonyl (C=O) groups excluding carboxylic acids is 3. The Bertz CT molecular complexity index is 1970. The van der Waals surface area contributed by atoms with Gasteiger partial charge in [0.15, 0.2) is 49.8 Å². The number of aliphatic hydroxyl groups excluding tert-OH is 9. The van der Waals surface area contributed by atoms with Gasteiger partial charge in [-0.2, -0.15) is 0 Å². The molecule has 0 aromatic rings. The maximum absolute atomic E-state index is 14.0. The summed E-state index contributed by atoms with van der Waals surface area (Å²) in [4.78, 5) is 40.6. The van der Waals surface area contributed by atoms with Crippen molar-refractivity contribution in [2.45, 2.75) is 369 Å². The minimum atomic E-state index is -1.95. The molecule has 25 nitrogen and oxygen atoms in total. The van der Waals surface area contributed by atoms with E-state index in [1.807, 2.05) is 0 Å². The summed E-state index contributed by atoms with van der Waals surface area (Å²) in [6.45, 7) is 11.3. The molecule has 1 unspecified atom stereocenters. The molecule has 9 N–H and O–H groups in total. The molecular formula is C62H108O25. The zero-order valence-corrected chi connectivity index (χ0v) is 52.5. The van der Waals surface area contributed by atoms with Crippen molar-refractivity contribution < 1.29 is 122 Å². The SMILES string of the molecule is CCCCCCCCCCCC(=O)O[C@H]1[C@H](O[C@@H]2[C@@H](O)[C@H]3OC(=O)CCCCCCCCCC(CCCCC)O[C@@H]4O[C@H](C)[C@@H](O)[C@H](O)[C@H]4O[C@H]3O[C@H]2C)O[C@@H](C)[C@H](O[C@@H]2O[C@@H](C)[C@H](OC(=O)CCC)[C@@H](O)[C@H]2O[C@@H]2O[C@H](CO)[C@@H](O)[C@H](O)[C@H]2O)[C@H]1O. The van der Waals surface area contributed by atoms with Gasteiger partial charge in [0.2, 0.25) is 0 Å². The summed E-state index contributed by atoms with van der Waals surface area (Å²) in [5.74, 6) is -2.10. The summed E-state index contributed by atoms with van der Waals surface area (Å²) < 4.78 is 80.9. The van der Waals surface area contributed by atoms with Gasteiger partial charge in [0.05, 0.1) is 37.1 Å². The van der Waals surface area contributed by atoms with Gasteiger partial charge >= 0.3 is 17.9 Å². The first-order valence-corrected chi connectivity index (χ1v) is 32.9. The van der Waals surface area contributed by atoms with Crippen LogP contribution >= 0.6 is 0 Å². The first kappa shape index (κ1) is 73.7. The van der Waals surface area contributed by atoms with E-state index in [9.17, 15) is 60.3 Å². The monoisotopic (exact) mass is 1250 g/mol. The maximum atomic E-state index is 14.0. The van der Waals surface area contributed by atoms with E-state index in [4.69, 9.17) is 61.6 Å². The number of esters is 3. The number of fused-ring (bicyclic) bond motifs is 2. The fraction of sp³-hybridized carbons (Fsp3) is 0.952. The van der Waals surface area contributed by atoms with E-state index < -0.39 is 178 Å². The number of aliphatic hydroxyl groups is 9. The summed E-state index contributed by atoms with van der Waals surface area (Å²) >= 11 is 0. The van der Waals surface area contributed by atoms with Gasteiger partial charge < -0.3 is 108 Å². The Morgan fingerprint density at radius 2 is 0.954 bits per heavy atom. The van der Waals surface area contributed by atoms with E-state index >= 15 is 0 Å². The Labute approximate surface area is 513 Å². The van der Waals surface area contributed by atoms with Crippen molar-refractivity contribution in [1.29, 1.82) is 0 Å². The molecule has 0 aromatic heterocycles. The number of hydrogen-bond acceptors (Lipinski definition) is 25. The lowest BCUT2D eigenvalue weighted by Gasteiger charge is -2.50. The minimum absolute atomic E-state index is 0.0113. The number of ether oxygens (including phenoxy) is 13. The molecule has 6 fully saturated rings. The van der Waals surface area contributed by atoms with Gasteiger partial charge in [0.25, 0.3) is 0 Å². The zero-order valence-electron chi connectivity index (χ0n) is 52.5. The second-order valence-corrected chi connectivity index (χ2v) is 24.9. The van der Waals surface area contributed by atoms with Crippen LogP contribution in [0.25, 0.3) is 0 Å². The van der Waals surface area contributed by atoms with E-state index in [0.717, 1.165) is 116 Å². The van der Waals surface area contributed by atoms with Crippen LogP contribution in [0.5, 0.6) is 0 Å². The molecule has 0 spiro atoms. The lowest BCUT2D eigenvalue weighted by Crippen LogP contribution is -2.67. The molecule has 506 valence electrons. The third-order valence-electron chi connectivity index (χ3n) is 17.7. The second-order valence-electron chi connectivity index (χ2n) is 24.9. The molecule has 0 aliphatic carbocycles. The summed E-state index contributed by atoms with van der Waals surface area (Å²) in [5, 5.41) is 102. The van der Waals surface area contributed by atoms with Crippen LogP contribution in [0.15, 0.2) is 0 Å². The summed E-state index contributed by atoms with van der Waals surface area (Å²) in [7, 11) is 0. The number of rotatable bonds is 25. The van der Waals surface area contributed by atoms with Crippen molar-refractivity contribution >= 4 is 17.9 Å². The van der Waals surface area contributed by atoms with E-state index in [1.54, 1.807) is 13.8 Å². The van der Waals surface area contributed by atoms with Gasteiger partial charge in [-0.25, -0.2) is 0 Å². The molecule has 0 aromatic carbocycles. The average molecular weight is 1250 g/mol. The van der Waals surface area contributed by atoms with Crippen LogP contribution in [-0.2, 0) is 76.0 Å². The fourth-order valence-corrected chi connectivity index (χ4v) is 12.3. The molecule has 0 amide bonds. The summed E-state index contributed by atoms with van der Waals surface area (Å²) in [6.07, 6.45) is -19.8.